The first-order valence-corrected chi connectivity index (χ1v) is 7.75. The maximum absolute atomic E-state index is 5.80. The van der Waals surface area contributed by atoms with Crippen molar-refractivity contribution in [2.24, 2.45) is 5.92 Å². The number of nitrogens with one attached hydrogen (secondary N) is 1. The highest BCUT2D eigenvalue weighted by Gasteiger charge is 2.15. The van der Waals surface area contributed by atoms with Crippen LogP contribution in [0, 0.1) is 5.92 Å². The minimum atomic E-state index is 0.329. The van der Waals surface area contributed by atoms with Crippen molar-refractivity contribution in [2.75, 3.05) is 31.7 Å². The molecule has 0 fully saturated rings. The number of hydrogen-bond donors (Lipinski definition) is 2. The van der Waals surface area contributed by atoms with E-state index in [0.29, 0.717) is 17.9 Å². The van der Waals surface area contributed by atoms with Gasteiger partial charge in [0, 0.05) is 12.6 Å². The topological polar surface area (TPSA) is 67.1 Å². The molecule has 0 amide bonds. The largest absolute Gasteiger partial charge is 0.368 e. The molecule has 0 aliphatic rings. The van der Waals surface area contributed by atoms with Crippen LogP contribution in [-0.2, 0) is 0 Å². The molecule has 5 nitrogen and oxygen atoms in total. The SMILES string of the molecule is CC(C)CC(CN(C)C)Nc1nc(N)nc2sccc12. The summed E-state index contributed by atoms with van der Waals surface area (Å²) in [7, 11) is 4.17. The zero-order valence-corrected chi connectivity index (χ0v) is 13.4. The van der Waals surface area contributed by atoms with Crippen LogP contribution in [0.15, 0.2) is 11.4 Å². The lowest BCUT2D eigenvalue weighted by Gasteiger charge is -2.24. The second-order valence-electron chi connectivity index (χ2n) is 5.80. The van der Waals surface area contributed by atoms with E-state index < -0.39 is 0 Å². The van der Waals surface area contributed by atoms with Gasteiger partial charge in [0.05, 0.1) is 5.39 Å². The fourth-order valence-corrected chi connectivity index (χ4v) is 3.14. The van der Waals surface area contributed by atoms with Crippen molar-refractivity contribution in [1.29, 1.82) is 0 Å². The molecule has 0 radical (unpaired) electrons. The minimum Gasteiger partial charge on any atom is -0.368 e. The quantitative estimate of drug-likeness (QED) is 0.857. The van der Waals surface area contributed by atoms with Crippen LogP contribution < -0.4 is 11.1 Å². The molecule has 110 valence electrons. The Bertz CT molecular complexity index is 554. The lowest BCUT2D eigenvalue weighted by molar-refractivity contribution is 0.356. The van der Waals surface area contributed by atoms with Gasteiger partial charge < -0.3 is 16.0 Å². The molecule has 0 aliphatic carbocycles. The summed E-state index contributed by atoms with van der Waals surface area (Å²) in [5, 5.41) is 6.62. The Labute approximate surface area is 124 Å². The van der Waals surface area contributed by atoms with Gasteiger partial charge in [0.1, 0.15) is 10.6 Å². The predicted molar refractivity (Wildman–Crippen MR) is 87.2 cm³/mol. The normalized spacial score (nSPS) is 13.3. The molecule has 0 spiro atoms. The number of likely N-dealkylation sites (N-methyl/N-ethyl adjacent to an activating group) is 1. The van der Waals surface area contributed by atoms with E-state index in [2.05, 4.69) is 48.1 Å². The van der Waals surface area contributed by atoms with Crippen LogP contribution in [0.3, 0.4) is 0 Å². The summed E-state index contributed by atoms with van der Waals surface area (Å²) >= 11 is 1.59. The number of aromatic nitrogens is 2. The standard InChI is InChI=1S/C14H23N5S/c1-9(2)7-10(8-19(3)4)16-12-11-5-6-20-13(11)18-14(15)17-12/h5-6,9-10H,7-8H2,1-4H3,(H3,15,16,17,18). The summed E-state index contributed by atoms with van der Waals surface area (Å²) in [5.41, 5.74) is 5.80. The zero-order chi connectivity index (χ0) is 14.7. The van der Waals surface area contributed by atoms with Crippen LogP contribution in [-0.4, -0.2) is 41.5 Å². The van der Waals surface area contributed by atoms with Gasteiger partial charge in [-0.1, -0.05) is 13.8 Å². The highest BCUT2D eigenvalue weighted by atomic mass is 32.1. The van der Waals surface area contributed by atoms with E-state index in [1.807, 2.05) is 11.4 Å². The molecule has 0 bridgehead atoms. The molecule has 6 heteroatoms. The van der Waals surface area contributed by atoms with Crippen molar-refractivity contribution in [2.45, 2.75) is 26.3 Å². The third-order valence-corrected chi connectivity index (χ3v) is 3.83. The lowest BCUT2D eigenvalue weighted by Crippen LogP contribution is -2.33. The molecule has 3 N–H and O–H groups in total. The average molecular weight is 293 g/mol. The van der Waals surface area contributed by atoms with Crippen molar-refractivity contribution >= 4 is 33.3 Å². The third-order valence-electron chi connectivity index (χ3n) is 3.02. The van der Waals surface area contributed by atoms with E-state index in [1.165, 1.54) is 0 Å². The van der Waals surface area contributed by atoms with Crippen molar-refractivity contribution in [3.63, 3.8) is 0 Å². The number of nitrogen functional groups attached to an aromatic ring is 1. The molecule has 0 aliphatic heterocycles. The summed E-state index contributed by atoms with van der Waals surface area (Å²) in [5.74, 6) is 1.81. The fourth-order valence-electron chi connectivity index (χ4n) is 2.36. The van der Waals surface area contributed by atoms with Crippen LogP contribution in [0.1, 0.15) is 20.3 Å². The molecule has 2 aromatic heterocycles. The van der Waals surface area contributed by atoms with E-state index in [1.54, 1.807) is 11.3 Å². The molecule has 0 saturated carbocycles. The van der Waals surface area contributed by atoms with Crippen LogP contribution >= 0.6 is 11.3 Å². The molecule has 2 aromatic rings. The summed E-state index contributed by atoms with van der Waals surface area (Å²) < 4.78 is 0. The number of rotatable bonds is 6. The molecule has 0 saturated heterocycles. The van der Waals surface area contributed by atoms with Crippen molar-refractivity contribution in [1.82, 2.24) is 14.9 Å². The van der Waals surface area contributed by atoms with Crippen LogP contribution in [0.4, 0.5) is 11.8 Å². The Hall–Kier alpha value is -1.40. The first kappa shape index (κ1) is 15.0. The first-order chi connectivity index (χ1) is 9.45. The lowest BCUT2D eigenvalue weighted by atomic mass is 10.0. The molecule has 2 rings (SSSR count). The van der Waals surface area contributed by atoms with Crippen LogP contribution in [0.5, 0.6) is 0 Å². The fraction of sp³-hybridized carbons (Fsp3) is 0.571. The van der Waals surface area contributed by atoms with Crippen molar-refractivity contribution in [3.05, 3.63) is 11.4 Å². The number of hydrogen-bond acceptors (Lipinski definition) is 6. The molecule has 20 heavy (non-hydrogen) atoms. The van der Waals surface area contributed by atoms with E-state index in [4.69, 9.17) is 5.73 Å². The smallest absolute Gasteiger partial charge is 0.223 e. The van der Waals surface area contributed by atoms with E-state index in [-0.39, 0.29) is 0 Å². The van der Waals surface area contributed by atoms with Gasteiger partial charge in [-0.3, -0.25) is 0 Å². The highest BCUT2D eigenvalue weighted by molar-refractivity contribution is 7.16. The maximum atomic E-state index is 5.80. The number of nitrogens with zero attached hydrogens (tertiary/aromatic N) is 3. The van der Waals surface area contributed by atoms with Gasteiger partial charge in [0.15, 0.2) is 0 Å². The third kappa shape index (κ3) is 3.80. The second-order valence-corrected chi connectivity index (χ2v) is 6.70. The average Bonchev–Trinajstić information content (AvgIpc) is 2.74. The zero-order valence-electron chi connectivity index (χ0n) is 12.6. The maximum Gasteiger partial charge on any atom is 0.223 e. The summed E-state index contributed by atoms with van der Waals surface area (Å²) in [6.07, 6.45) is 1.09. The molecular formula is C14H23N5S. The monoisotopic (exact) mass is 293 g/mol. The minimum absolute atomic E-state index is 0.329. The van der Waals surface area contributed by atoms with E-state index in [9.17, 15) is 0 Å². The first-order valence-electron chi connectivity index (χ1n) is 6.87. The Balaban J connectivity index is 2.25. The highest BCUT2D eigenvalue weighted by Crippen LogP contribution is 2.26. The summed E-state index contributed by atoms with van der Waals surface area (Å²) in [6.45, 7) is 5.44. The number of thiophene rings is 1. The number of fused-ring (bicyclic) bond motifs is 1. The Kier molecular flexibility index (Phi) is 4.77. The van der Waals surface area contributed by atoms with Gasteiger partial charge in [0.25, 0.3) is 0 Å². The van der Waals surface area contributed by atoms with Gasteiger partial charge in [-0.05, 0) is 37.9 Å². The Morgan fingerprint density at radius 1 is 1.35 bits per heavy atom. The van der Waals surface area contributed by atoms with E-state index >= 15 is 0 Å². The molecular weight excluding hydrogens is 270 g/mol. The number of nitrogens with two attached hydrogens (primary N) is 1. The van der Waals surface area contributed by atoms with Crippen molar-refractivity contribution in [3.8, 4) is 0 Å². The van der Waals surface area contributed by atoms with Gasteiger partial charge in [-0.2, -0.15) is 4.98 Å². The second kappa shape index (κ2) is 6.37. The Morgan fingerprint density at radius 3 is 2.75 bits per heavy atom. The summed E-state index contributed by atoms with van der Waals surface area (Å²) in [4.78, 5) is 11.8. The number of anilines is 2. The Morgan fingerprint density at radius 2 is 2.10 bits per heavy atom. The van der Waals surface area contributed by atoms with Crippen molar-refractivity contribution < 1.29 is 0 Å². The molecule has 2 heterocycles. The van der Waals surface area contributed by atoms with Gasteiger partial charge >= 0.3 is 0 Å². The van der Waals surface area contributed by atoms with Crippen LogP contribution in [0.25, 0.3) is 10.2 Å². The molecule has 1 unspecified atom stereocenters. The molecule has 0 aromatic carbocycles. The van der Waals surface area contributed by atoms with Gasteiger partial charge in [0.2, 0.25) is 5.95 Å². The molecule has 1 atom stereocenters. The van der Waals surface area contributed by atoms with Gasteiger partial charge in [-0.15, -0.1) is 11.3 Å². The van der Waals surface area contributed by atoms with E-state index in [0.717, 1.165) is 29.0 Å². The summed E-state index contributed by atoms with van der Waals surface area (Å²) in [6, 6.07) is 2.39. The van der Waals surface area contributed by atoms with Gasteiger partial charge in [-0.25, -0.2) is 4.98 Å². The predicted octanol–water partition coefficient (Wildman–Crippen LogP) is 2.66. The van der Waals surface area contributed by atoms with Crippen LogP contribution in [0.2, 0.25) is 0 Å².